The van der Waals surface area contributed by atoms with Crippen molar-refractivity contribution in [3.8, 4) is 0 Å². The van der Waals surface area contributed by atoms with Gasteiger partial charge in [0, 0.05) is 52.0 Å². The molecule has 1 amide bonds. The minimum atomic E-state index is 0. The highest BCUT2D eigenvalue weighted by Gasteiger charge is 2.31. The van der Waals surface area contributed by atoms with Crippen molar-refractivity contribution >= 4 is 53.1 Å². The third-order valence-electron chi connectivity index (χ3n) is 7.83. The summed E-state index contributed by atoms with van der Waals surface area (Å²) < 4.78 is 0. The summed E-state index contributed by atoms with van der Waals surface area (Å²) in [5.41, 5.74) is 1.50. The molecule has 3 aliphatic rings. The van der Waals surface area contributed by atoms with Crippen LogP contribution in [0.1, 0.15) is 59.2 Å². The third kappa shape index (κ3) is 9.02. The van der Waals surface area contributed by atoms with Crippen LogP contribution in [0.5, 0.6) is 0 Å². The summed E-state index contributed by atoms with van der Waals surface area (Å²) in [5, 5.41) is 7.87. The Morgan fingerprint density at radius 3 is 1.36 bits per heavy atom. The molecule has 9 heteroatoms. The van der Waals surface area contributed by atoms with Gasteiger partial charge in [0.25, 0.3) is 0 Å². The lowest BCUT2D eigenvalue weighted by atomic mass is 9.88. The molecule has 6 nitrogen and oxygen atoms in total. The topological polar surface area (TPSA) is 78.5 Å². The van der Waals surface area contributed by atoms with Gasteiger partial charge < -0.3 is 15.5 Å². The molecule has 3 aliphatic heterocycles. The summed E-state index contributed by atoms with van der Waals surface area (Å²) in [7, 11) is 0. The van der Waals surface area contributed by atoms with Crippen LogP contribution in [-0.2, 0) is 4.79 Å². The molecular weight excluding hydrogens is 557 g/mol. The number of amides is 1. The van der Waals surface area contributed by atoms with Crippen molar-refractivity contribution in [2.24, 2.45) is 17.8 Å². The summed E-state index contributed by atoms with van der Waals surface area (Å²) in [6.45, 7) is 5.16. The van der Waals surface area contributed by atoms with Crippen LogP contribution in [0, 0.1) is 17.8 Å². The molecule has 2 N–H and O–H groups in total. The Morgan fingerprint density at radius 1 is 0.590 bits per heavy atom. The Hall–Kier alpha value is -1.96. The maximum absolute atomic E-state index is 12.5. The predicted octanol–water partition coefficient (Wildman–Crippen LogP) is 5.71. The highest BCUT2D eigenvalue weighted by molar-refractivity contribution is 6.31. The minimum Gasteiger partial charge on any atom is -0.342 e. The van der Waals surface area contributed by atoms with Crippen LogP contribution in [-0.4, -0.2) is 61.6 Å². The third-order valence-corrected chi connectivity index (χ3v) is 8.34. The van der Waals surface area contributed by atoms with E-state index in [-0.39, 0.29) is 47.6 Å². The zero-order valence-electron chi connectivity index (χ0n) is 22.2. The summed E-state index contributed by atoms with van der Waals surface area (Å²) in [4.78, 5) is 39.1. The SMILES string of the molecule is Cl.O=C(c1ccc(Cl)cc1)C1CCN(C(=O)C2CCNCC2)CC1.O=C(c1ccc(Cl)cc1)C1CCNCC1. The number of carbonyl (C=O) groups is 3. The molecule has 2 aromatic rings. The van der Waals surface area contributed by atoms with Crippen LogP contribution in [0.4, 0.5) is 0 Å². The number of rotatable bonds is 5. The summed E-state index contributed by atoms with van der Waals surface area (Å²) in [6.07, 6.45) is 5.28. The van der Waals surface area contributed by atoms with E-state index in [2.05, 4.69) is 10.6 Å². The van der Waals surface area contributed by atoms with Gasteiger partial charge in [-0.3, -0.25) is 14.4 Å². The summed E-state index contributed by atoms with van der Waals surface area (Å²) >= 11 is 11.7. The number of hydrogen-bond acceptors (Lipinski definition) is 5. The number of piperidine rings is 3. The first-order valence-corrected chi connectivity index (χ1v) is 14.5. The molecule has 0 bridgehead atoms. The van der Waals surface area contributed by atoms with Gasteiger partial charge in [0.15, 0.2) is 11.6 Å². The molecule has 3 fully saturated rings. The van der Waals surface area contributed by atoms with Crippen molar-refractivity contribution < 1.29 is 14.4 Å². The molecule has 2 aromatic carbocycles. The highest BCUT2D eigenvalue weighted by Crippen LogP contribution is 2.25. The Bertz CT molecular complexity index is 1070. The van der Waals surface area contributed by atoms with Crippen molar-refractivity contribution in [1.29, 1.82) is 0 Å². The average Bonchev–Trinajstić information content (AvgIpc) is 2.98. The maximum Gasteiger partial charge on any atom is 0.225 e. The first-order valence-electron chi connectivity index (χ1n) is 13.7. The maximum atomic E-state index is 12.5. The van der Waals surface area contributed by atoms with E-state index in [4.69, 9.17) is 23.2 Å². The monoisotopic (exact) mass is 593 g/mol. The number of Topliss-reactive ketones (excluding diaryl/α,β-unsaturated/α-hetero) is 2. The lowest BCUT2D eigenvalue weighted by Gasteiger charge is -2.34. The van der Waals surface area contributed by atoms with Gasteiger partial charge in [-0.2, -0.15) is 0 Å². The van der Waals surface area contributed by atoms with Gasteiger partial charge in [0.05, 0.1) is 0 Å². The van der Waals surface area contributed by atoms with Gasteiger partial charge >= 0.3 is 0 Å². The van der Waals surface area contributed by atoms with Gasteiger partial charge in [-0.25, -0.2) is 0 Å². The van der Waals surface area contributed by atoms with Crippen molar-refractivity contribution in [3.63, 3.8) is 0 Å². The van der Waals surface area contributed by atoms with Crippen LogP contribution in [0.25, 0.3) is 0 Å². The second-order valence-electron chi connectivity index (χ2n) is 10.4. The second-order valence-corrected chi connectivity index (χ2v) is 11.3. The van der Waals surface area contributed by atoms with Crippen molar-refractivity contribution in [2.75, 3.05) is 39.3 Å². The lowest BCUT2D eigenvalue weighted by molar-refractivity contribution is -0.137. The normalized spacial score (nSPS) is 18.9. The molecule has 0 spiro atoms. The molecule has 0 unspecified atom stereocenters. The number of hydrogen-bond donors (Lipinski definition) is 2. The number of halogens is 3. The van der Waals surface area contributed by atoms with E-state index in [1.807, 2.05) is 17.0 Å². The van der Waals surface area contributed by atoms with Crippen molar-refractivity contribution in [1.82, 2.24) is 15.5 Å². The zero-order valence-corrected chi connectivity index (χ0v) is 24.5. The fourth-order valence-corrected chi connectivity index (χ4v) is 5.72. The standard InChI is InChI=1S/C18H23ClN2O2.C12H14ClNO.ClH/c19-16-3-1-13(2-4-16)17(22)14-7-11-21(12-8-14)18(23)15-5-9-20-10-6-15;13-11-3-1-9(2-4-11)12(15)10-5-7-14-8-6-10;/h1-4,14-15,20H,5-12H2;1-4,10,14H,5-8H2;1H. The number of nitrogens with zero attached hydrogens (tertiary/aromatic N) is 1. The number of nitrogens with one attached hydrogen (secondary N) is 2. The Kier molecular flexibility index (Phi) is 12.7. The summed E-state index contributed by atoms with van der Waals surface area (Å²) in [5.74, 6) is 1.09. The van der Waals surface area contributed by atoms with E-state index in [1.54, 1.807) is 36.4 Å². The highest BCUT2D eigenvalue weighted by atomic mass is 35.5. The molecule has 0 aliphatic carbocycles. The molecule has 0 saturated carbocycles. The van der Waals surface area contributed by atoms with Crippen molar-refractivity contribution in [2.45, 2.75) is 38.5 Å². The predicted molar refractivity (Wildman–Crippen MR) is 159 cm³/mol. The zero-order chi connectivity index (χ0) is 26.9. The fraction of sp³-hybridized carbons (Fsp3) is 0.500. The molecule has 0 aromatic heterocycles. The van der Waals surface area contributed by atoms with Crippen LogP contribution in [0.2, 0.25) is 10.0 Å². The molecule has 0 radical (unpaired) electrons. The van der Waals surface area contributed by atoms with Crippen LogP contribution >= 0.6 is 35.6 Å². The first kappa shape index (κ1) is 31.6. The quantitative estimate of drug-likeness (QED) is 0.434. The largest absolute Gasteiger partial charge is 0.342 e. The molecule has 0 atom stereocenters. The number of carbonyl (C=O) groups excluding carboxylic acids is 3. The number of ketones is 2. The molecule has 212 valence electrons. The number of benzene rings is 2. The molecular formula is C30H38Cl3N3O3. The first-order chi connectivity index (χ1) is 18.4. The molecule has 39 heavy (non-hydrogen) atoms. The molecule has 5 rings (SSSR count). The van der Waals surface area contributed by atoms with Crippen LogP contribution < -0.4 is 10.6 Å². The van der Waals surface area contributed by atoms with E-state index in [1.165, 1.54) is 0 Å². The fourth-order valence-electron chi connectivity index (χ4n) is 5.47. The molecule has 3 heterocycles. The Morgan fingerprint density at radius 2 is 0.949 bits per heavy atom. The van der Waals surface area contributed by atoms with E-state index < -0.39 is 0 Å². The van der Waals surface area contributed by atoms with Crippen LogP contribution in [0.15, 0.2) is 48.5 Å². The average molecular weight is 595 g/mol. The van der Waals surface area contributed by atoms with Gasteiger partial charge in [-0.05, 0) is 113 Å². The van der Waals surface area contributed by atoms with Gasteiger partial charge in [-0.15, -0.1) is 12.4 Å². The van der Waals surface area contributed by atoms with Gasteiger partial charge in [0.1, 0.15) is 0 Å². The second kappa shape index (κ2) is 15.7. The van der Waals surface area contributed by atoms with Gasteiger partial charge in [-0.1, -0.05) is 23.2 Å². The van der Waals surface area contributed by atoms with E-state index in [0.29, 0.717) is 23.1 Å². The Balaban J connectivity index is 0.000000228. The lowest BCUT2D eigenvalue weighted by Crippen LogP contribution is -2.45. The number of likely N-dealkylation sites (tertiary alicyclic amines) is 1. The smallest absolute Gasteiger partial charge is 0.225 e. The van der Waals surface area contributed by atoms with Gasteiger partial charge in [0.2, 0.25) is 5.91 Å². The minimum absolute atomic E-state index is 0. The Labute approximate surface area is 247 Å². The van der Waals surface area contributed by atoms with Crippen LogP contribution in [0.3, 0.4) is 0 Å². The van der Waals surface area contributed by atoms with E-state index >= 15 is 0 Å². The summed E-state index contributed by atoms with van der Waals surface area (Å²) in [6, 6.07) is 14.3. The van der Waals surface area contributed by atoms with E-state index in [0.717, 1.165) is 75.8 Å². The van der Waals surface area contributed by atoms with E-state index in [9.17, 15) is 14.4 Å². The molecule has 3 saturated heterocycles. The van der Waals surface area contributed by atoms with Crippen molar-refractivity contribution in [3.05, 3.63) is 69.7 Å².